The number of benzene rings is 4. The first kappa shape index (κ1) is 27.4. The van der Waals surface area contributed by atoms with Crippen LogP contribution >= 0.6 is 18.9 Å². The second-order valence-electron chi connectivity index (χ2n) is 8.63. The number of carbonyl (C=O) groups excluding carboxylic acids is 1. The van der Waals surface area contributed by atoms with E-state index in [-0.39, 0.29) is 11.9 Å². The maximum atomic E-state index is 14.2. The lowest BCUT2D eigenvalue weighted by atomic mass is 10.1. The number of hydrogen-bond acceptors (Lipinski definition) is 4. The number of Topliss-reactive ketones (excluding diaryl/α,β-unsaturated/α-hetero) is 1. The normalized spacial score (nSPS) is 11.1. The maximum Gasteiger partial charge on any atom is 0.341 e. The molecule has 0 saturated carbocycles. The Bertz CT molecular complexity index is 1250. The van der Waals surface area contributed by atoms with Gasteiger partial charge in [0.25, 0.3) is 0 Å². The number of carbonyl (C=O) groups is 2. The predicted molar refractivity (Wildman–Crippen MR) is 155 cm³/mol. The van der Waals surface area contributed by atoms with Crippen LogP contribution in [0.5, 0.6) is 11.5 Å². The van der Waals surface area contributed by atoms with E-state index in [1.807, 2.05) is 54.6 Å². The van der Waals surface area contributed by atoms with Crippen molar-refractivity contribution >= 4 is 46.5 Å². The number of carboxylic acids is 1. The third-order valence-corrected chi connectivity index (χ3v) is 10.7. The van der Waals surface area contributed by atoms with Gasteiger partial charge in [0.1, 0.15) is 40.8 Å². The molecule has 0 atom stereocenters. The van der Waals surface area contributed by atoms with Gasteiger partial charge in [0.2, 0.25) is 5.78 Å². The van der Waals surface area contributed by atoms with Gasteiger partial charge < -0.3 is 14.6 Å². The lowest BCUT2D eigenvalue weighted by molar-refractivity contribution is -0.139. The lowest BCUT2D eigenvalue weighted by Crippen LogP contribution is -2.35. The first-order valence-electron chi connectivity index (χ1n) is 12.3. The fourth-order valence-electron chi connectivity index (χ4n) is 4.39. The number of alkyl halides is 1. The highest BCUT2D eigenvalue weighted by molar-refractivity contribution is 7.96. The standard InChI is InChI=1S/C31H28ClO5P/c32-19-10-20-36-30-21-24(37-22-31(34)35)17-18-28(30)29(33)23-38(25-11-4-1-5-12-25,26-13-6-2-7-14-26)27-15-8-3-9-16-27/h1-9,11-18,21H,10,19-20,22-23H2/p+1. The van der Waals surface area contributed by atoms with Gasteiger partial charge in [0, 0.05) is 11.9 Å². The van der Waals surface area contributed by atoms with Crippen molar-refractivity contribution in [3.05, 3.63) is 115 Å². The van der Waals surface area contributed by atoms with Crippen LogP contribution in [0.3, 0.4) is 0 Å². The number of hydrogen-bond donors (Lipinski definition) is 1. The van der Waals surface area contributed by atoms with Gasteiger partial charge in [-0.1, -0.05) is 54.6 Å². The molecule has 0 saturated heterocycles. The Morgan fingerprint density at radius 3 is 1.74 bits per heavy atom. The fraction of sp³-hybridized carbons (Fsp3) is 0.161. The maximum absolute atomic E-state index is 14.2. The number of halogens is 1. The molecule has 4 aromatic rings. The second-order valence-corrected chi connectivity index (χ2v) is 12.5. The molecule has 0 spiro atoms. The third kappa shape index (κ3) is 6.42. The lowest BCUT2D eigenvalue weighted by Gasteiger charge is -2.27. The summed E-state index contributed by atoms with van der Waals surface area (Å²) in [4.78, 5) is 25.2. The van der Waals surface area contributed by atoms with Gasteiger partial charge in [-0.15, -0.1) is 11.6 Å². The van der Waals surface area contributed by atoms with Crippen LogP contribution in [0.25, 0.3) is 0 Å². The summed E-state index contributed by atoms with van der Waals surface area (Å²) in [6.07, 6.45) is 0.858. The Kier molecular flexibility index (Phi) is 9.53. The van der Waals surface area contributed by atoms with Crippen LogP contribution in [-0.4, -0.2) is 42.1 Å². The number of carboxylic acid groups (broad SMARTS) is 1. The predicted octanol–water partition coefficient (Wildman–Crippen LogP) is 5.33. The SMILES string of the molecule is O=C(O)COc1ccc(C(=O)C[P+](c2ccccc2)(c2ccccc2)c2ccccc2)c(OCCCCl)c1. The van der Waals surface area contributed by atoms with Crippen molar-refractivity contribution in [1.82, 2.24) is 0 Å². The average molecular weight is 548 g/mol. The Morgan fingerprint density at radius 2 is 1.26 bits per heavy atom. The van der Waals surface area contributed by atoms with Gasteiger partial charge in [0.15, 0.2) is 6.61 Å². The smallest absolute Gasteiger partial charge is 0.341 e. The van der Waals surface area contributed by atoms with Crippen LogP contribution < -0.4 is 25.4 Å². The molecule has 194 valence electrons. The summed E-state index contributed by atoms with van der Waals surface area (Å²) >= 11 is 5.84. The van der Waals surface area contributed by atoms with Crippen LogP contribution in [0.4, 0.5) is 0 Å². The number of ketones is 1. The molecule has 0 fully saturated rings. The molecule has 4 rings (SSSR count). The molecule has 0 bridgehead atoms. The molecular formula is C31H29ClO5P+. The fourth-order valence-corrected chi connectivity index (χ4v) is 8.59. The third-order valence-electron chi connectivity index (χ3n) is 6.12. The summed E-state index contributed by atoms with van der Waals surface area (Å²) < 4.78 is 11.3. The van der Waals surface area contributed by atoms with Crippen LogP contribution in [0.1, 0.15) is 16.8 Å². The Balaban J connectivity index is 1.81. The zero-order valence-corrected chi connectivity index (χ0v) is 22.5. The molecule has 1 N–H and O–H groups in total. The molecule has 38 heavy (non-hydrogen) atoms. The first-order chi connectivity index (χ1) is 18.5. The molecule has 0 unspecified atom stereocenters. The number of ether oxygens (including phenoxy) is 2. The van der Waals surface area contributed by atoms with Gasteiger partial charge in [-0.25, -0.2) is 4.79 Å². The summed E-state index contributed by atoms with van der Waals surface area (Å²) in [6.45, 7) is -0.165. The van der Waals surface area contributed by atoms with E-state index in [0.29, 0.717) is 36.0 Å². The van der Waals surface area contributed by atoms with Crippen LogP contribution in [-0.2, 0) is 4.79 Å². The first-order valence-corrected chi connectivity index (χ1v) is 14.8. The van der Waals surface area contributed by atoms with Crippen LogP contribution in [0.15, 0.2) is 109 Å². The second kappa shape index (κ2) is 13.2. The molecule has 0 heterocycles. The van der Waals surface area contributed by atoms with Crippen molar-refractivity contribution in [2.24, 2.45) is 0 Å². The van der Waals surface area contributed by atoms with Gasteiger partial charge in [-0.2, -0.15) is 0 Å². The highest BCUT2D eigenvalue weighted by Gasteiger charge is 2.47. The van der Waals surface area contributed by atoms with Crippen LogP contribution in [0.2, 0.25) is 0 Å². The van der Waals surface area contributed by atoms with E-state index in [0.717, 1.165) is 15.9 Å². The molecule has 4 aromatic carbocycles. The van der Waals surface area contributed by atoms with Crippen LogP contribution in [0, 0.1) is 0 Å². The summed E-state index contributed by atoms with van der Waals surface area (Å²) in [6, 6.07) is 35.4. The van der Waals surface area contributed by atoms with E-state index in [1.54, 1.807) is 18.2 Å². The Morgan fingerprint density at radius 1 is 0.737 bits per heavy atom. The molecular weight excluding hydrogens is 519 g/mol. The molecule has 5 nitrogen and oxygen atoms in total. The van der Waals surface area contributed by atoms with E-state index >= 15 is 0 Å². The minimum atomic E-state index is -2.40. The van der Waals surface area contributed by atoms with Crippen molar-refractivity contribution in [1.29, 1.82) is 0 Å². The molecule has 0 aromatic heterocycles. The molecule has 0 aliphatic carbocycles. The summed E-state index contributed by atoms with van der Waals surface area (Å²) in [7, 11) is -2.40. The Hall–Kier alpha value is -3.66. The van der Waals surface area contributed by atoms with E-state index in [1.165, 1.54) is 0 Å². The minimum Gasteiger partial charge on any atom is -0.493 e. The number of aliphatic carboxylic acids is 1. The van der Waals surface area contributed by atoms with Crippen molar-refractivity contribution in [3.63, 3.8) is 0 Å². The van der Waals surface area contributed by atoms with Crippen molar-refractivity contribution in [2.45, 2.75) is 6.42 Å². The highest BCUT2D eigenvalue weighted by atomic mass is 35.5. The van der Waals surface area contributed by atoms with Gasteiger partial charge >= 0.3 is 5.97 Å². The summed E-state index contributed by atoms with van der Waals surface area (Å²) in [5.74, 6) is -0.0581. The summed E-state index contributed by atoms with van der Waals surface area (Å²) in [5, 5.41) is 12.3. The quantitative estimate of drug-likeness (QED) is 0.106. The molecule has 0 aliphatic heterocycles. The monoisotopic (exact) mass is 547 g/mol. The molecule has 0 radical (unpaired) electrons. The van der Waals surface area contributed by atoms with E-state index in [2.05, 4.69) is 36.4 Å². The van der Waals surface area contributed by atoms with E-state index in [4.69, 9.17) is 26.2 Å². The van der Waals surface area contributed by atoms with Gasteiger partial charge in [-0.3, -0.25) is 4.79 Å². The van der Waals surface area contributed by atoms with Crippen molar-refractivity contribution in [3.8, 4) is 11.5 Å². The largest absolute Gasteiger partial charge is 0.493 e. The zero-order chi connectivity index (χ0) is 26.8. The van der Waals surface area contributed by atoms with Crippen molar-refractivity contribution < 1.29 is 24.2 Å². The van der Waals surface area contributed by atoms with E-state index in [9.17, 15) is 9.59 Å². The van der Waals surface area contributed by atoms with E-state index < -0.39 is 19.8 Å². The molecule has 0 aliphatic rings. The minimum absolute atomic E-state index is 0.0689. The molecule has 7 heteroatoms. The van der Waals surface area contributed by atoms with Gasteiger partial charge in [-0.05, 0) is 55.0 Å². The van der Waals surface area contributed by atoms with Gasteiger partial charge in [0.05, 0.1) is 12.2 Å². The highest BCUT2D eigenvalue weighted by Crippen LogP contribution is 2.55. The van der Waals surface area contributed by atoms with Crippen molar-refractivity contribution in [2.75, 3.05) is 25.3 Å². The zero-order valence-electron chi connectivity index (χ0n) is 20.8. The molecule has 0 amide bonds. The topological polar surface area (TPSA) is 72.8 Å². The average Bonchev–Trinajstić information content (AvgIpc) is 2.96. The Labute approximate surface area is 228 Å². The number of rotatable bonds is 13. The summed E-state index contributed by atoms with van der Waals surface area (Å²) in [5.41, 5.74) is 0.425.